The number of fused-ring (bicyclic) bond motifs is 1. The highest BCUT2D eigenvalue weighted by molar-refractivity contribution is 5.68. The third-order valence-electron chi connectivity index (χ3n) is 4.43. The number of alkyl halides is 3. The molecule has 1 heterocycles. The van der Waals surface area contributed by atoms with Gasteiger partial charge in [-0.3, -0.25) is 0 Å². The Morgan fingerprint density at radius 3 is 2.35 bits per heavy atom. The summed E-state index contributed by atoms with van der Waals surface area (Å²) in [5.74, 6) is 0.271. The zero-order valence-corrected chi connectivity index (χ0v) is 12.8. The molecular formula is C18H19F3N2. The Morgan fingerprint density at radius 1 is 1.09 bits per heavy atom. The number of hydrogen-bond acceptors (Lipinski definition) is 2. The van der Waals surface area contributed by atoms with Crippen LogP contribution in [0.4, 0.5) is 24.5 Å². The van der Waals surface area contributed by atoms with E-state index in [9.17, 15) is 13.2 Å². The Morgan fingerprint density at radius 2 is 1.74 bits per heavy atom. The first-order chi connectivity index (χ1) is 10.9. The second kappa shape index (κ2) is 5.89. The zero-order chi connectivity index (χ0) is 16.6. The van der Waals surface area contributed by atoms with Crippen LogP contribution in [0.15, 0.2) is 48.5 Å². The lowest BCUT2D eigenvalue weighted by Gasteiger charge is -2.37. The van der Waals surface area contributed by atoms with Gasteiger partial charge in [0.15, 0.2) is 0 Å². The smallest absolute Gasteiger partial charge is 0.341 e. The van der Waals surface area contributed by atoms with Gasteiger partial charge in [-0.25, -0.2) is 0 Å². The number of para-hydroxylation sites is 1. The lowest BCUT2D eigenvalue weighted by Crippen LogP contribution is -2.40. The minimum atomic E-state index is -4.31. The van der Waals surface area contributed by atoms with Crippen LogP contribution in [0.2, 0.25) is 0 Å². The third kappa shape index (κ3) is 3.20. The molecule has 0 saturated carbocycles. The molecule has 2 aromatic carbocycles. The molecule has 2 nitrogen and oxygen atoms in total. The summed E-state index contributed by atoms with van der Waals surface area (Å²) in [5, 5.41) is 0. The summed E-state index contributed by atoms with van der Waals surface area (Å²) in [6.07, 6.45) is -3.42. The van der Waals surface area contributed by atoms with E-state index >= 15 is 0 Å². The maximum Gasteiger partial charge on any atom is 0.416 e. The van der Waals surface area contributed by atoms with Crippen LogP contribution in [0.25, 0.3) is 0 Å². The van der Waals surface area contributed by atoms with E-state index in [4.69, 9.17) is 5.73 Å². The van der Waals surface area contributed by atoms with Gasteiger partial charge in [0.1, 0.15) is 0 Å². The van der Waals surface area contributed by atoms with E-state index in [1.165, 1.54) is 17.7 Å². The summed E-state index contributed by atoms with van der Waals surface area (Å²) in [7, 11) is 0. The van der Waals surface area contributed by atoms with Crippen molar-refractivity contribution in [1.29, 1.82) is 0 Å². The van der Waals surface area contributed by atoms with Gasteiger partial charge in [-0.05, 0) is 55.2 Å². The van der Waals surface area contributed by atoms with E-state index in [0.717, 1.165) is 29.9 Å². The summed E-state index contributed by atoms with van der Waals surface area (Å²) in [5.41, 5.74) is 8.43. The Balaban J connectivity index is 1.97. The molecule has 122 valence electrons. The van der Waals surface area contributed by atoms with Crippen molar-refractivity contribution in [2.45, 2.75) is 25.6 Å². The fourth-order valence-electron chi connectivity index (χ4n) is 3.05. The predicted octanol–water partition coefficient (Wildman–Crippen LogP) is 4.36. The third-order valence-corrected chi connectivity index (χ3v) is 4.43. The number of nitrogens with zero attached hydrogens (tertiary/aromatic N) is 1. The lowest BCUT2D eigenvalue weighted by molar-refractivity contribution is -0.137. The molecule has 5 heteroatoms. The molecule has 2 unspecified atom stereocenters. The number of anilines is 2. The van der Waals surface area contributed by atoms with Crippen LogP contribution in [0.3, 0.4) is 0 Å². The summed E-state index contributed by atoms with van der Waals surface area (Å²) in [6.45, 7) is 2.68. The highest BCUT2D eigenvalue weighted by Crippen LogP contribution is 2.37. The fourth-order valence-corrected chi connectivity index (χ4v) is 3.05. The van der Waals surface area contributed by atoms with Gasteiger partial charge in [-0.1, -0.05) is 18.2 Å². The van der Waals surface area contributed by atoms with Crippen LogP contribution >= 0.6 is 0 Å². The van der Waals surface area contributed by atoms with Crippen molar-refractivity contribution < 1.29 is 13.2 Å². The highest BCUT2D eigenvalue weighted by atomic mass is 19.4. The largest absolute Gasteiger partial charge is 0.416 e. The predicted molar refractivity (Wildman–Crippen MR) is 85.7 cm³/mol. The summed E-state index contributed by atoms with van der Waals surface area (Å²) < 4.78 is 38.2. The molecule has 1 aliphatic rings. The average molecular weight is 320 g/mol. The second-order valence-corrected chi connectivity index (χ2v) is 6.11. The van der Waals surface area contributed by atoms with Crippen molar-refractivity contribution in [2.75, 3.05) is 11.4 Å². The summed E-state index contributed by atoms with van der Waals surface area (Å²) in [6, 6.07) is 13.3. The number of benzene rings is 2. The van der Waals surface area contributed by atoms with Gasteiger partial charge in [-0.15, -0.1) is 0 Å². The van der Waals surface area contributed by atoms with Gasteiger partial charge >= 0.3 is 6.18 Å². The minimum Gasteiger partial charge on any atom is -0.341 e. The van der Waals surface area contributed by atoms with Crippen LogP contribution in [0, 0.1) is 5.92 Å². The highest BCUT2D eigenvalue weighted by Gasteiger charge is 2.31. The van der Waals surface area contributed by atoms with Crippen LogP contribution in [-0.2, 0) is 12.6 Å². The fraction of sp³-hybridized carbons (Fsp3) is 0.333. The van der Waals surface area contributed by atoms with Gasteiger partial charge in [-0.2, -0.15) is 13.2 Å². The maximum absolute atomic E-state index is 12.7. The molecule has 3 rings (SSSR count). The number of hydrogen-bond donors (Lipinski definition) is 1. The van der Waals surface area contributed by atoms with Crippen LogP contribution in [0.1, 0.15) is 18.1 Å². The summed E-state index contributed by atoms with van der Waals surface area (Å²) >= 11 is 0. The molecule has 2 N–H and O–H groups in total. The monoisotopic (exact) mass is 320 g/mol. The number of nitrogens with two attached hydrogens (primary N) is 1. The molecule has 2 atom stereocenters. The molecule has 1 aliphatic heterocycles. The number of halogens is 3. The van der Waals surface area contributed by atoms with Gasteiger partial charge < -0.3 is 10.6 Å². The van der Waals surface area contributed by atoms with Gasteiger partial charge in [0, 0.05) is 24.0 Å². The molecule has 0 aromatic heterocycles. The standard InChI is InChI=1S/C18H19F3N2/c1-12(22)14-10-13-4-2-3-5-17(13)23(11-14)16-8-6-15(7-9-16)18(19,20)21/h2-9,12,14H,10-11,22H2,1H3. The topological polar surface area (TPSA) is 29.3 Å². The molecule has 0 fully saturated rings. The van der Waals surface area contributed by atoms with Crippen LogP contribution in [0.5, 0.6) is 0 Å². The average Bonchev–Trinajstić information content (AvgIpc) is 2.53. The first-order valence-electron chi connectivity index (χ1n) is 7.64. The molecular weight excluding hydrogens is 301 g/mol. The minimum absolute atomic E-state index is 0.0281. The lowest BCUT2D eigenvalue weighted by atomic mass is 9.88. The van der Waals surface area contributed by atoms with E-state index in [2.05, 4.69) is 11.0 Å². The van der Waals surface area contributed by atoms with E-state index < -0.39 is 11.7 Å². The molecule has 0 aliphatic carbocycles. The van der Waals surface area contributed by atoms with Crippen molar-refractivity contribution in [3.63, 3.8) is 0 Å². The van der Waals surface area contributed by atoms with E-state index in [-0.39, 0.29) is 12.0 Å². The molecule has 0 amide bonds. The van der Waals surface area contributed by atoms with Gasteiger partial charge in [0.2, 0.25) is 0 Å². The molecule has 0 bridgehead atoms. The van der Waals surface area contributed by atoms with E-state index in [0.29, 0.717) is 6.54 Å². The molecule has 23 heavy (non-hydrogen) atoms. The molecule has 0 spiro atoms. The first-order valence-corrected chi connectivity index (χ1v) is 7.64. The quantitative estimate of drug-likeness (QED) is 0.890. The normalized spacial score (nSPS) is 19.3. The van der Waals surface area contributed by atoms with Crippen molar-refractivity contribution in [1.82, 2.24) is 0 Å². The zero-order valence-electron chi connectivity index (χ0n) is 12.8. The second-order valence-electron chi connectivity index (χ2n) is 6.11. The van der Waals surface area contributed by atoms with Gasteiger partial charge in [0.25, 0.3) is 0 Å². The molecule has 0 radical (unpaired) electrons. The Hall–Kier alpha value is -2.01. The number of rotatable bonds is 2. The first kappa shape index (κ1) is 15.9. The van der Waals surface area contributed by atoms with Crippen LogP contribution < -0.4 is 10.6 Å². The van der Waals surface area contributed by atoms with Crippen molar-refractivity contribution in [3.05, 3.63) is 59.7 Å². The Kier molecular flexibility index (Phi) is 4.06. The van der Waals surface area contributed by atoms with Crippen molar-refractivity contribution >= 4 is 11.4 Å². The van der Waals surface area contributed by atoms with Crippen LogP contribution in [-0.4, -0.2) is 12.6 Å². The summed E-state index contributed by atoms with van der Waals surface area (Å²) in [4.78, 5) is 2.06. The van der Waals surface area contributed by atoms with E-state index in [1.54, 1.807) is 0 Å². The van der Waals surface area contributed by atoms with Crippen molar-refractivity contribution in [3.8, 4) is 0 Å². The Labute approximate surface area is 133 Å². The Bertz CT molecular complexity index is 677. The van der Waals surface area contributed by atoms with E-state index in [1.807, 2.05) is 25.1 Å². The molecule has 2 aromatic rings. The molecule has 0 saturated heterocycles. The van der Waals surface area contributed by atoms with Gasteiger partial charge in [0.05, 0.1) is 5.56 Å². The SMILES string of the molecule is CC(N)C1Cc2ccccc2N(c2ccc(C(F)(F)F)cc2)C1. The van der Waals surface area contributed by atoms with Crippen molar-refractivity contribution in [2.24, 2.45) is 11.7 Å². The maximum atomic E-state index is 12.7.